The SMILES string of the molecule is CCCN(Cc1ccccc1)C(=O)c1cc(-c2c(C)nn(C)c2C)n[nH]1. The van der Waals surface area contributed by atoms with Gasteiger partial charge in [0.1, 0.15) is 5.69 Å². The van der Waals surface area contributed by atoms with Crippen LogP contribution in [0.3, 0.4) is 0 Å². The molecule has 0 aliphatic heterocycles. The number of aryl methyl sites for hydroxylation is 2. The fourth-order valence-corrected chi connectivity index (χ4v) is 3.20. The van der Waals surface area contributed by atoms with Crippen molar-refractivity contribution in [2.24, 2.45) is 7.05 Å². The van der Waals surface area contributed by atoms with Gasteiger partial charge in [0, 0.05) is 31.4 Å². The first kappa shape index (κ1) is 17.9. The van der Waals surface area contributed by atoms with E-state index >= 15 is 0 Å². The number of hydrogen-bond donors (Lipinski definition) is 1. The number of benzene rings is 1. The van der Waals surface area contributed by atoms with Gasteiger partial charge in [0.15, 0.2) is 0 Å². The van der Waals surface area contributed by atoms with Crippen LogP contribution in [0.25, 0.3) is 11.3 Å². The summed E-state index contributed by atoms with van der Waals surface area (Å²) in [6.45, 7) is 7.33. The molecular formula is C20H25N5O. The van der Waals surface area contributed by atoms with Crippen LogP contribution in [-0.2, 0) is 13.6 Å². The summed E-state index contributed by atoms with van der Waals surface area (Å²) in [4.78, 5) is 14.8. The van der Waals surface area contributed by atoms with Gasteiger partial charge in [-0.1, -0.05) is 37.3 Å². The van der Waals surface area contributed by atoms with Crippen molar-refractivity contribution in [3.8, 4) is 11.3 Å². The lowest BCUT2D eigenvalue weighted by Crippen LogP contribution is -2.31. The minimum absolute atomic E-state index is 0.0337. The Kier molecular flexibility index (Phi) is 5.21. The highest BCUT2D eigenvalue weighted by Gasteiger charge is 2.20. The number of nitrogens with zero attached hydrogens (tertiary/aromatic N) is 4. The van der Waals surface area contributed by atoms with Crippen LogP contribution >= 0.6 is 0 Å². The molecule has 6 nitrogen and oxygen atoms in total. The van der Waals surface area contributed by atoms with Gasteiger partial charge >= 0.3 is 0 Å². The summed E-state index contributed by atoms with van der Waals surface area (Å²) in [5, 5.41) is 11.7. The van der Waals surface area contributed by atoms with Crippen molar-refractivity contribution in [1.82, 2.24) is 24.9 Å². The maximum absolute atomic E-state index is 13.0. The van der Waals surface area contributed by atoms with Gasteiger partial charge in [-0.05, 0) is 31.9 Å². The lowest BCUT2D eigenvalue weighted by Gasteiger charge is -2.21. The van der Waals surface area contributed by atoms with Crippen molar-refractivity contribution in [2.45, 2.75) is 33.7 Å². The third kappa shape index (κ3) is 3.54. The quantitative estimate of drug-likeness (QED) is 0.739. The highest BCUT2D eigenvalue weighted by atomic mass is 16.2. The molecular weight excluding hydrogens is 326 g/mol. The van der Waals surface area contributed by atoms with E-state index in [2.05, 4.69) is 22.2 Å². The maximum atomic E-state index is 13.0. The first-order valence-electron chi connectivity index (χ1n) is 8.90. The van der Waals surface area contributed by atoms with Crippen molar-refractivity contribution in [2.75, 3.05) is 6.54 Å². The minimum Gasteiger partial charge on any atom is -0.333 e. The first-order chi connectivity index (χ1) is 12.5. The standard InChI is InChI=1S/C20H25N5O/c1-5-11-25(13-16-9-7-6-8-10-16)20(26)18-12-17(21-22-18)19-14(2)23-24(4)15(19)3/h6-10,12H,5,11,13H2,1-4H3,(H,21,22). The van der Waals surface area contributed by atoms with Crippen LogP contribution < -0.4 is 0 Å². The van der Waals surface area contributed by atoms with Gasteiger partial charge in [-0.2, -0.15) is 10.2 Å². The van der Waals surface area contributed by atoms with Gasteiger partial charge in [0.2, 0.25) is 0 Å². The average molecular weight is 351 g/mol. The van der Waals surface area contributed by atoms with Crippen LogP contribution in [-0.4, -0.2) is 37.3 Å². The van der Waals surface area contributed by atoms with Crippen LogP contribution in [0.2, 0.25) is 0 Å². The van der Waals surface area contributed by atoms with Crippen LogP contribution in [0.15, 0.2) is 36.4 Å². The van der Waals surface area contributed by atoms with Crippen LogP contribution in [0.4, 0.5) is 0 Å². The molecule has 0 aliphatic rings. The Labute approximate surface area is 153 Å². The smallest absolute Gasteiger partial charge is 0.272 e. The third-order valence-corrected chi connectivity index (χ3v) is 4.57. The maximum Gasteiger partial charge on any atom is 0.272 e. The average Bonchev–Trinajstić information content (AvgIpc) is 3.20. The molecule has 2 aromatic heterocycles. The van der Waals surface area contributed by atoms with Crippen molar-refractivity contribution in [3.63, 3.8) is 0 Å². The molecule has 0 unspecified atom stereocenters. The molecule has 1 amide bonds. The van der Waals surface area contributed by atoms with Gasteiger partial charge in [-0.25, -0.2) is 0 Å². The fourth-order valence-electron chi connectivity index (χ4n) is 3.20. The molecule has 3 rings (SSSR count). The monoisotopic (exact) mass is 351 g/mol. The molecule has 6 heteroatoms. The molecule has 0 bridgehead atoms. The van der Waals surface area contributed by atoms with E-state index < -0.39 is 0 Å². The van der Waals surface area contributed by atoms with Crippen molar-refractivity contribution < 1.29 is 4.79 Å². The van der Waals surface area contributed by atoms with E-state index in [4.69, 9.17) is 0 Å². The number of nitrogens with one attached hydrogen (secondary N) is 1. The van der Waals surface area contributed by atoms with Crippen LogP contribution in [0.1, 0.15) is 40.8 Å². The molecule has 0 aliphatic carbocycles. The molecule has 26 heavy (non-hydrogen) atoms. The molecule has 0 spiro atoms. The van der Waals surface area contributed by atoms with E-state index in [0.29, 0.717) is 18.8 Å². The zero-order chi connectivity index (χ0) is 18.7. The third-order valence-electron chi connectivity index (χ3n) is 4.57. The Hall–Kier alpha value is -2.89. The number of amides is 1. The lowest BCUT2D eigenvalue weighted by molar-refractivity contribution is 0.0737. The minimum atomic E-state index is -0.0337. The van der Waals surface area contributed by atoms with Gasteiger partial charge in [-0.15, -0.1) is 0 Å². The molecule has 3 aromatic rings. The van der Waals surface area contributed by atoms with Gasteiger partial charge < -0.3 is 4.90 Å². The van der Waals surface area contributed by atoms with Gasteiger partial charge in [0.25, 0.3) is 5.91 Å². The topological polar surface area (TPSA) is 66.8 Å². The molecule has 0 fully saturated rings. The van der Waals surface area contributed by atoms with Crippen LogP contribution in [0, 0.1) is 13.8 Å². The van der Waals surface area contributed by atoms with Gasteiger partial charge in [-0.3, -0.25) is 14.6 Å². The first-order valence-corrected chi connectivity index (χ1v) is 8.90. The Balaban J connectivity index is 1.85. The largest absolute Gasteiger partial charge is 0.333 e. The zero-order valence-electron chi connectivity index (χ0n) is 15.8. The van der Waals surface area contributed by atoms with E-state index in [1.807, 2.05) is 66.9 Å². The second kappa shape index (κ2) is 7.56. The highest BCUT2D eigenvalue weighted by molar-refractivity contribution is 5.93. The molecule has 1 N–H and O–H groups in total. The Morgan fingerprint density at radius 3 is 2.58 bits per heavy atom. The Morgan fingerprint density at radius 1 is 1.23 bits per heavy atom. The number of aromatic nitrogens is 4. The summed E-state index contributed by atoms with van der Waals surface area (Å²) in [7, 11) is 1.91. The molecule has 1 aromatic carbocycles. The summed E-state index contributed by atoms with van der Waals surface area (Å²) >= 11 is 0. The van der Waals surface area contributed by atoms with Gasteiger partial charge in [0.05, 0.1) is 11.4 Å². The normalized spacial score (nSPS) is 10.9. The summed E-state index contributed by atoms with van der Waals surface area (Å²) in [5.41, 5.74) is 5.30. The predicted octanol–water partition coefficient (Wildman–Crippen LogP) is 3.48. The Morgan fingerprint density at radius 2 is 1.96 bits per heavy atom. The summed E-state index contributed by atoms with van der Waals surface area (Å²) in [5.74, 6) is -0.0337. The summed E-state index contributed by atoms with van der Waals surface area (Å²) in [6, 6.07) is 11.9. The van der Waals surface area contributed by atoms with E-state index in [1.165, 1.54) is 0 Å². The number of carbonyl (C=O) groups excluding carboxylic acids is 1. The predicted molar refractivity (Wildman–Crippen MR) is 102 cm³/mol. The molecule has 136 valence electrons. The van der Waals surface area contributed by atoms with Crippen molar-refractivity contribution in [3.05, 3.63) is 59.0 Å². The summed E-state index contributed by atoms with van der Waals surface area (Å²) in [6.07, 6.45) is 0.903. The Bertz CT molecular complexity index is 894. The summed E-state index contributed by atoms with van der Waals surface area (Å²) < 4.78 is 1.83. The fraction of sp³-hybridized carbons (Fsp3) is 0.350. The second-order valence-electron chi connectivity index (χ2n) is 6.55. The van der Waals surface area contributed by atoms with E-state index in [-0.39, 0.29) is 5.91 Å². The zero-order valence-corrected chi connectivity index (χ0v) is 15.8. The van der Waals surface area contributed by atoms with E-state index in [0.717, 1.165) is 34.6 Å². The molecule has 0 atom stereocenters. The molecule has 0 saturated heterocycles. The number of carbonyl (C=O) groups is 1. The number of aromatic amines is 1. The number of hydrogen-bond acceptors (Lipinski definition) is 3. The molecule has 0 radical (unpaired) electrons. The van der Waals surface area contributed by atoms with E-state index in [9.17, 15) is 4.79 Å². The van der Waals surface area contributed by atoms with Crippen LogP contribution in [0.5, 0.6) is 0 Å². The van der Waals surface area contributed by atoms with Crippen molar-refractivity contribution >= 4 is 5.91 Å². The number of rotatable bonds is 6. The molecule has 2 heterocycles. The second-order valence-corrected chi connectivity index (χ2v) is 6.55. The number of H-pyrrole nitrogens is 1. The van der Waals surface area contributed by atoms with E-state index in [1.54, 1.807) is 0 Å². The van der Waals surface area contributed by atoms with Crippen molar-refractivity contribution in [1.29, 1.82) is 0 Å². The lowest BCUT2D eigenvalue weighted by atomic mass is 10.1. The molecule has 0 saturated carbocycles. The highest BCUT2D eigenvalue weighted by Crippen LogP contribution is 2.25.